The Kier molecular flexibility index (Phi) is 4.03. The summed E-state index contributed by atoms with van der Waals surface area (Å²) in [5.74, 6) is 0. The fourth-order valence-electron chi connectivity index (χ4n) is 2.40. The van der Waals surface area contributed by atoms with Gasteiger partial charge < -0.3 is 14.4 Å². The predicted octanol–water partition coefficient (Wildman–Crippen LogP) is 1.58. The van der Waals surface area contributed by atoms with Crippen molar-refractivity contribution in [1.82, 2.24) is 4.98 Å². The van der Waals surface area contributed by atoms with E-state index in [1.165, 1.54) is 0 Å². The first-order valence-electron chi connectivity index (χ1n) is 6.32. The van der Waals surface area contributed by atoms with Crippen molar-refractivity contribution in [1.29, 1.82) is 5.26 Å². The van der Waals surface area contributed by atoms with Gasteiger partial charge in [0, 0.05) is 20.2 Å². The first-order valence-corrected chi connectivity index (χ1v) is 6.32. The minimum atomic E-state index is -0.227. The molecule has 0 radical (unpaired) electrons. The summed E-state index contributed by atoms with van der Waals surface area (Å²) in [6, 6.07) is 5.69. The Morgan fingerprint density at radius 3 is 2.95 bits per heavy atom. The van der Waals surface area contributed by atoms with Gasteiger partial charge >= 0.3 is 0 Å². The van der Waals surface area contributed by atoms with E-state index in [1.54, 1.807) is 19.4 Å². The summed E-state index contributed by atoms with van der Waals surface area (Å²) in [5, 5.41) is 8.77. The van der Waals surface area contributed by atoms with Gasteiger partial charge in [-0.3, -0.25) is 0 Å². The maximum atomic E-state index is 8.77. The van der Waals surface area contributed by atoms with Gasteiger partial charge in [-0.15, -0.1) is 0 Å². The standard InChI is InChI=1S/C14H19N3O2/c1-14(2)10-17(8-13(19-14)9-18-3)12-5-4-11(6-15)16-7-12/h4-5,7,13H,8-10H2,1-3H3/t13-/m1/s1. The van der Waals surface area contributed by atoms with Crippen LogP contribution in [-0.2, 0) is 9.47 Å². The lowest BCUT2D eigenvalue weighted by atomic mass is 10.0. The van der Waals surface area contributed by atoms with Crippen molar-refractivity contribution in [2.75, 3.05) is 31.7 Å². The Morgan fingerprint density at radius 2 is 2.37 bits per heavy atom. The largest absolute Gasteiger partial charge is 0.382 e. The van der Waals surface area contributed by atoms with Crippen LogP contribution in [0.2, 0.25) is 0 Å². The molecule has 2 heterocycles. The quantitative estimate of drug-likeness (QED) is 0.827. The normalized spacial score (nSPS) is 22.0. The lowest BCUT2D eigenvalue weighted by Gasteiger charge is -2.43. The number of nitriles is 1. The number of ether oxygens (including phenoxy) is 2. The highest BCUT2D eigenvalue weighted by molar-refractivity contribution is 5.47. The van der Waals surface area contributed by atoms with E-state index in [0.717, 1.165) is 18.8 Å². The number of hydrogen-bond acceptors (Lipinski definition) is 5. The van der Waals surface area contributed by atoms with Crippen LogP contribution in [0.1, 0.15) is 19.5 Å². The molecule has 19 heavy (non-hydrogen) atoms. The van der Waals surface area contributed by atoms with Gasteiger partial charge in [0.2, 0.25) is 0 Å². The summed E-state index contributed by atoms with van der Waals surface area (Å²) >= 11 is 0. The van der Waals surface area contributed by atoms with Gasteiger partial charge in [-0.05, 0) is 26.0 Å². The number of rotatable bonds is 3. The maximum Gasteiger partial charge on any atom is 0.140 e. The van der Waals surface area contributed by atoms with Crippen molar-refractivity contribution in [2.24, 2.45) is 0 Å². The third kappa shape index (κ3) is 3.43. The van der Waals surface area contributed by atoms with Gasteiger partial charge in [0.15, 0.2) is 0 Å². The minimum Gasteiger partial charge on any atom is -0.382 e. The van der Waals surface area contributed by atoms with E-state index < -0.39 is 0 Å². The molecule has 0 bridgehead atoms. The summed E-state index contributed by atoms with van der Waals surface area (Å²) in [6.45, 7) is 6.27. The molecule has 0 N–H and O–H groups in total. The van der Waals surface area contributed by atoms with E-state index in [-0.39, 0.29) is 11.7 Å². The molecule has 1 saturated heterocycles. The second kappa shape index (κ2) is 5.55. The topological polar surface area (TPSA) is 58.4 Å². The Labute approximate surface area is 113 Å². The van der Waals surface area contributed by atoms with Crippen molar-refractivity contribution in [3.63, 3.8) is 0 Å². The minimum absolute atomic E-state index is 0.0457. The van der Waals surface area contributed by atoms with Crippen LogP contribution in [0.5, 0.6) is 0 Å². The van der Waals surface area contributed by atoms with Crippen LogP contribution in [0.4, 0.5) is 5.69 Å². The molecular formula is C14H19N3O2. The molecule has 1 atom stereocenters. The summed E-state index contributed by atoms with van der Waals surface area (Å²) in [6.07, 6.45) is 1.79. The molecule has 1 fully saturated rings. The van der Waals surface area contributed by atoms with Crippen molar-refractivity contribution in [3.05, 3.63) is 24.0 Å². The molecule has 0 saturated carbocycles. The monoisotopic (exact) mass is 261 g/mol. The molecule has 0 aromatic carbocycles. The smallest absolute Gasteiger partial charge is 0.140 e. The molecule has 0 unspecified atom stereocenters. The van der Waals surface area contributed by atoms with Gasteiger partial charge in [0.05, 0.1) is 30.2 Å². The third-order valence-electron chi connectivity index (χ3n) is 3.06. The van der Waals surface area contributed by atoms with Crippen LogP contribution in [0, 0.1) is 11.3 Å². The number of methoxy groups -OCH3 is 1. The second-order valence-electron chi connectivity index (χ2n) is 5.35. The maximum absolute atomic E-state index is 8.77. The van der Waals surface area contributed by atoms with Gasteiger partial charge in [-0.25, -0.2) is 4.98 Å². The van der Waals surface area contributed by atoms with E-state index in [0.29, 0.717) is 12.3 Å². The lowest BCUT2D eigenvalue weighted by molar-refractivity contribution is -0.106. The van der Waals surface area contributed by atoms with Crippen LogP contribution in [0.25, 0.3) is 0 Å². The highest BCUT2D eigenvalue weighted by Crippen LogP contribution is 2.25. The number of aromatic nitrogens is 1. The van der Waals surface area contributed by atoms with Crippen LogP contribution >= 0.6 is 0 Å². The van der Waals surface area contributed by atoms with Crippen LogP contribution < -0.4 is 4.90 Å². The molecule has 2 rings (SSSR count). The van der Waals surface area contributed by atoms with E-state index in [4.69, 9.17) is 14.7 Å². The van der Waals surface area contributed by atoms with Crippen molar-refractivity contribution >= 4 is 5.69 Å². The molecule has 102 valence electrons. The van der Waals surface area contributed by atoms with Gasteiger partial charge in [0.1, 0.15) is 11.8 Å². The Balaban J connectivity index is 2.15. The molecule has 0 amide bonds. The Bertz CT molecular complexity index is 465. The number of nitrogens with zero attached hydrogens (tertiary/aromatic N) is 3. The highest BCUT2D eigenvalue weighted by Gasteiger charge is 2.33. The third-order valence-corrected chi connectivity index (χ3v) is 3.06. The Morgan fingerprint density at radius 1 is 1.58 bits per heavy atom. The molecule has 0 spiro atoms. The first kappa shape index (κ1) is 13.8. The molecule has 5 nitrogen and oxygen atoms in total. The van der Waals surface area contributed by atoms with Gasteiger partial charge in [0.25, 0.3) is 0 Å². The fraction of sp³-hybridized carbons (Fsp3) is 0.571. The zero-order chi connectivity index (χ0) is 13.9. The summed E-state index contributed by atoms with van der Waals surface area (Å²) < 4.78 is 11.2. The highest BCUT2D eigenvalue weighted by atomic mass is 16.5. The van der Waals surface area contributed by atoms with Crippen molar-refractivity contribution in [3.8, 4) is 6.07 Å². The fourth-order valence-corrected chi connectivity index (χ4v) is 2.40. The molecule has 1 aromatic rings. The summed E-state index contributed by atoms with van der Waals surface area (Å²) in [7, 11) is 1.68. The van der Waals surface area contributed by atoms with E-state index in [1.807, 2.05) is 12.1 Å². The number of anilines is 1. The van der Waals surface area contributed by atoms with Crippen LogP contribution in [0.3, 0.4) is 0 Å². The second-order valence-corrected chi connectivity index (χ2v) is 5.35. The van der Waals surface area contributed by atoms with Crippen LogP contribution in [-0.4, -0.2) is 43.5 Å². The van der Waals surface area contributed by atoms with Crippen molar-refractivity contribution < 1.29 is 9.47 Å². The van der Waals surface area contributed by atoms with Crippen LogP contribution in [0.15, 0.2) is 18.3 Å². The zero-order valence-corrected chi connectivity index (χ0v) is 11.6. The van der Waals surface area contributed by atoms with Gasteiger partial charge in [-0.1, -0.05) is 0 Å². The van der Waals surface area contributed by atoms with Gasteiger partial charge in [-0.2, -0.15) is 5.26 Å². The van der Waals surface area contributed by atoms with E-state index in [9.17, 15) is 0 Å². The molecule has 5 heteroatoms. The molecule has 1 aliphatic rings. The van der Waals surface area contributed by atoms with Crippen molar-refractivity contribution in [2.45, 2.75) is 25.6 Å². The average molecular weight is 261 g/mol. The lowest BCUT2D eigenvalue weighted by Crippen LogP contribution is -2.54. The Hall–Kier alpha value is -1.64. The first-order chi connectivity index (χ1) is 9.04. The molecule has 1 aliphatic heterocycles. The summed E-state index contributed by atoms with van der Waals surface area (Å²) in [4.78, 5) is 6.34. The average Bonchev–Trinajstić information content (AvgIpc) is 2.37. The summed E-state index contributed by atoms with van der Waals surface area (Å²) in [5.41, 5.74) is 1.22. The number of hydrogen-bond donors (Lipinski definition) is 0. The molecule has 1 aromatic heterocycles. The van der Waals surface area contributed by atoms with E-state index in [2.05, 4.69) is 23.7 Å². The zero-order valence-electron chi connectivity index (χ0n) is 11.6. The molecule has 0 aliphatic carbocycles. The van der Waals surface area contributed by atoms with E-state index >= 15 is 0 Å². The predicted molar refractivity (Wildman–Crippen MR) is 72.0 cm³/mol. The number of pyridine rings is 1. The SMILES string of the molecule is COC[C@H]1CN(c2ccc(C#N)nc2)CC(C)(C)O1. The molecular weight excluding hydrogens is 242 g/mol. The number of morpholine rings is 1.